The highest BCUT2D eigenvalue weighted by molar-refractivity contribution is 5.94. The molecular weight excluding hydrogens is 310 g/mol. The predicted octanol–water partition coefficient (Wildman–Crippen LogP) is 1.81. The molecule has 2 aromatic carbocycles. The molecule has 126 valence electrons. The highest BCUT2D eigenvalue weighted by Gasteiger charge is 2.28. The van der Waals surface area contributed by atoms with Crippen LogP contribution in [-0.4, -0.2) is 37.0 Å². The number of hydrogen-bond donors (Lipinski definition) is 1. The van der Waals surface area contributed by atoms with Gasteiger partial charge in [0.2, 0.25) is 0 Å². The monoisotopic (exact) mass is 331 g/mol. The normalized spacial score (nSPS) is 15.5. The zero-order valence-corrected chi connectivity index (χ0v) is 13.7. The molecule has 1 heterocycles. The highest BCUT2D eigenvalue weighted by Crippen LogP contribution is 2.15. The molecule has 0 aromatic heterocycles. The van der Waals surface area contributed by atoms with Gasteiger partial charge in [-0.3, -0.25) is 4.79 Å². The summed E-state index contributed by atoms with van der Waals surface area (Å²) < 4.78 is 27.5. The van der Waals surface area contributed by atoms with Crippen molar-refractivity contribution in [3.63, 3.8) is 0 Å². The van der Waals surface area contributed by atoms with E-state index in [1.807, 2.05) is 0 Å². The third kappa shape index (κ3) is 3.62. The molecule has 5 heteroatoms. The van der Waals surface area contributed by atoms with E-state index in [4.69, 9.17) is 0 Å². The Morgan fingerprint density at radius 2 is 1.62 bits per heavy atom. The summed E-state index contributed by atoms with van der Waals surface area (Å²) in [5.74, 6) is -2.15. The Hall–Kier alpha value is -2.27. The van der Waals surface area contributed by atoms with E-state index < -0.39 is 23.1 Å². The van der Waals surface area contributed by atoms with Gasteiger partial charge in [-0.2, -0.15) is 0 Å². The van der Waals surface area contributed by atoms with Gasteiger partial charge >= 0.3 is 0 Å². The number of carbonyl (C=O) groups is 1. The number of piperazine rings is 1. The van der Waals surface area contributed by atoms with Crippen molar-refractivity contribution < 1.29 is 18.5 Å². The van der Waals surface area contributed by atoms with E-state index in [9.17, 15) is 13.6 Å². The van der Waals surface area contributed by atoms with Gasteiger partial charge in [0, 0.05) is 5.56 Å². The van der Waals surface area contributed by atoms with Crippen LogP contribution in [-0.2, 0) is 6.54 Å². The summed E-state index contributed by atoms with van der Waals surface area (Å²) in [5, 5.41) is 0. The maximum Gasteiger partial charge on any atom is 0.260 e. The molecule has 0 aliphatic carbocycles. The molecule has 1 aliphatic rings. The van der Waals surface area contributed by atoms with Gasteiger partial charge in [-0.15, -0.1) is 0 Å². The van der Waals surface area contributed by atoms with Crippen LogP contribution in [0.5, 0.6) is 0 Å². The molecule has 1 amide bonds. The largest absolute Gasteiger partial charge is 0.328 e. The van der Waals surface area contributed by atoms with E-state index in [0.29, 0.717) is 13.1 Å². The van der Waals surface area contributed by atoms with Crippen LogP contribution in [0.25, 0.3) is 0 Å². The first kappa shape index (κ1) is 16.6. The molecule has 1 saturated heterocycles. The van der Waals surface area contributed by atoms with Crippen molar-refractivity contribution in [3.8, 4) is 0 Å². The fraction of sp³-hybridized carbons (Fsp3) is 0.316. The fourth-order valence-corrected chi connectivity index (χ4v) is 3.06. The Kier molecular flexibility index (Phi) is 4.90. The standard InChI is InChI=1S/C19H20F2N2O/c1-14-5-7-15(8-6-14)13-22-9-11-23(12-10-22)19(24)18-16(20)3-2-4-17(18)21/h2-8H,9-13H2,1H3/p+1. The van der Waals surface area contributed by atoms with Crippen LogP contribution in [0.3, 0.4) is 0 Å². The topological polar surface area (TPSA) is 24.8 Å². The van der Waals surface area contributed by atoms with Crippen LogP contribution in [0.4, 0.5) is 8.78 Å². The van der Waals surface area contributed by atoms with Crippen molar-refractivity contribution >= 4 is 5.91 Å². The number of hydrogen-bond acceptors (Lipinski definition) is 1. The lowest BCUT2D eigenvalue weighted by Gasteiger charge is -2.32. The average molecular weight is 331 g/mol. The van der Waals surface area contributed by atoms with E-state index in [2.05, 4.69) is 31.2 Å². The maximum absolute atomic E-state index is 13.8. The van der Waals surface area contributed by atoms with Crippen molar-refractivity contribution in [3.05, 3.63) is 70.8 Å². The van der Waals surface area contributed by atoms with E-state index in [1.165, 1.54) is 22.1 Å². The molecule has 0 atom stereocenters. The Morgan fingerprint density at radius 3 is 2.21 bits per heavy atom. The Labute approximate surface area is 140 Å². The second kappa shape index (κ2) is 7.09. The van der Waals surface area contributed by atoms with Gasteiger partial charge < -0.3 is 9.80 Å². The quantitative estimate of drug-likeness (QED) is 0.912. The predicted molar refractivity (Wildman–Crippen MR) is 87.8 cm³/mol. The summed E-state index contributed by atoms with van der Waals surface area (Å²) in [5.41, 5.74) is 2.05. The van der Waals surface area contributed by atoms with Crippen LogP contribution < -0.4 is 4.90 Å². The number of nitrogens with zero attached hydrogens (tertiary/aromatic N) is 1. The number of rotatable bonds is 3. The average Bonchev–Trinajstić information content (AvgIpc) is 2.57. The summed E-state index contributed by atoms with van der Waals surface area (Å²) in [4.78, 5) is 15.3. The second-order valence-corrected chi connectivity index (χ2v) is 6.30. The maximum atomic E-state index is 13.8. The Morgan fingerprint density at radius 1 is 1.04 bits per heavy atom. The third-order valence-electron chi connectivity index (χ3n) is 4.51. The van der Waals surface area contributed by atoms with Crippen molar-refractivity contribution in [1.82, 2.24) is 4.90 Å². The van der Waals surface area contributed by atoms with Gasteiger partial charge in [0.25, 0.3) is 5.91 Å². The molecule has 24 heavy (non-hydrogen) atoms. The molecule has 0 spiro atoms. The number of halogens is 2. The molecular formula is C19H21F2N2O+. The van der Waals surface area contributed by atoms with Gasteiger partial charge in [-0.05, 0) is 19.1 Å². The van der Waals surface area contributed by atoms with E-state index in [1.54, 1.807) is 4.90 Å². The van der Waals surface area contributed by atoms with Crippen molar-refractivity contribution in [2.24, 2.45) is 0 Å². The number of aryl methyl sites for hydroxylation is 1. The number of nitrogens with one attached hydrogen (secondary N) is 1. The van der Waals surface area contributed by atoms with E-state index in [0.717, 1.165) is 31.8 Å². The van der Waals surface area contributed by atoms with Crippen LogP contribution in [0.2, 0.25) is 0 Å². The molecule has 0 unspecified atom stereocenters. The summed E-state index contributed by atoms with van der Waals surface area (Å²) in [6, 6.07) is 11.9. The zero-order chi connectivity index (χ0) is 17.1. The van der Waals surface area contributed by atoms with Crippen LogP contribution in [0, 0.1) is 18.6 Å². The van der Waals surface area contributed by atoms with E-state index in [-0.39, 0.29) is 0 Å². The number of quaternary nitrogens is 1. The fourth-order valence-electron chi connectivity index (χ4n) is 3.06. The Bertz CT molecular complexity index is 702. The molecule has 3 nitrogen and oxygen atoms in total. The van der Waals surface area contributed by atoms with Gasteiger partial charge in [-0.25, -0.2) is 8.78 Å². The minimum atomic E-state index is -0.797. The van der Waals surface area contributed by atoms with Gasteiger partial charge in [0.05, 0.1) is 26.2 Å². The van der Waals surface area contributed by atoms with Crippen LogP contribution in [0.15, 0.2) is 42.5 Å². The molecule has 1 N–H and O–H groups in total. The number of carbonyl (C=O) groups excluding carboxylic acids is 1. The molecule has 3 rings (SSSR count). The number of amides is 1. The first-order valence-corrected chi connectivity index (χ1v) is 8.17. The van der Waals surface area contributed by atoms with Gasteiger partial charge in [-0.1, -0.05) is 35.9 Å². The van der Waals surface area contributed by atoms with Crippen molar-refractivity contribution in [1.29, 1.82) is 0 Å². The highest BCUT2D eigenvalue weighted by atomic mass is 19.1. The first-order valence-electron chi connectivity index (χ1n) is 8.17. The molecule has 1 aliphatic heterocycles. The minimum Gasteiger partial charge on any atom is -0.328 e. The molecule has 0 saturated carbocycles. The lowest BCUT2D eigenvalue weighted by atomic mass is 10.1. The second-order valence-electron chi connectivity index (χ2n) is 6.30. The summed E-state index contributed by atoms with van der Waals surface area (Å²) in [6.45, 7) is 5.52. The summed E-state index contributed by atoms with van der Waals surface area (Å²) >= 11 is 0. The molecule has 0 radical (unpaired) electrons. The third-order valence-corrected chi connectivity index (χ3v) is 4.51. The van der Waals surface area contributed by atoms with Crippen molar-refractivity contribution in [2.45, 2.75) is 13.5 Å². The SMILES string of the molecule is Cc1ccc(C[NH+]2CCN(C(=O)c3c(F)cccc3F)CC2)cc1. The number of benzene rings is 2. The Balaban J connectivity index is 1.60. The lowest BCUT2D eigenvalue weighted by molar-refractivity contribution is -0.917. The minimum absolute atomic E-state index is 0.445. The summed E-state index contributed by atoms with van der Waals surface area (Å²) in [6.07, 6.45) is 0. The van der Waals surface area contributed by atoms with Gasteiger partial charge in [0.15, 0.2) is 0 Å². The molecule has 1 fully saturated rings. The molecule has 2 aromatic rings. The van der Waals surface area contributed by atoms with Crippen LogP contribution in [0.1, 0.15) is 21.5 Å². The van der Waals surface area contributed by atoms with E-state index >= 15 is 0 Å². The van der Waals surface area contributed by atoms with Crippen molar-refractivity contribution in [2.75, 3.05) is 26.2 Å². The van der Waals surface area contributed by atoms with Gasteiger partial charge in [0.1, 0.15) is 23.7 Å². The first-order chi connectivity index (χ1) is 11.5. The zero-order valence-electron chi connectivity index (χ0n) is 13.7. The van der Waals surface area contributed by atoms with Crippen LogP contribution >= 0.6 is 0 Å². The summed E-state index contributed by atoms with van der Waals surface area (Å²) in [7, 11) is 0. The smallest absolute Gasteiger partial charge is 0.260 e. The molecule has 0 bridgehead atoms. The lowest BCUT2D eigenvalue weighted by Crippen LogP contribution is -3.13.